The fourth-order valence-corrected chi connectivity index (χ4v) is 1.84. The van der Waals surface area contributed by atoms with Crippen LogP contribution in [0.25, 0.3) is 0 Å². The molecule has 1 aromatic rings. The number of hydrogen-bond acceptors (Lipinski definition) is 4. The lowest BCUT2D eigenvalue weighted by Crippen LogP contribution is -2.18. The van der Waals surface area contributed by atoms with Crippen LogP contribution in [0.5, 0.6) is 0 Å². The van der Waals surface area contributed by atoms with Gasteiger partial charge in [0.1, 0.15) is 5.82 Å². The lowest BCUT2D eigenvalue weighted by Gasteiger charge is -2.06. The predicted molar refractivity (Wildman–Crippen MR) is 94.8 cm³/mol. The van der Waals surface area contributed by atoms with Crippen molar-refractivity contribution in [2.45, 2.75) is 45.8 Å². The van der Waals surface area contributed by atoms with Gasteiger partial charge in [0.05, 0.1) is 12.6 Å². The molecule has 0 bridgehead atoms. The van der Waals surface area contributed by atoms with Gasteiger partial charge in [-0.3, -0.25) is 9.32 Å². The summed E-state index contributed by atoms with van der Waals surface area (Å²) in [5.74, 6) is -0.288. The first-order valence-electron chi connectivity index (χ1n) is 7.00. The first-order valence-corrected chi connectivity index (χ1v) is 13.9. The Balaban J connectivity index is 0.000000401. The number of hydrogen-bond donors (Lipinski definition) is 0. The van der Waals surface area contributed by atoms with E-state index in [2.05, 4.69) is 59.6 Å². The average molecular weight is 338 g/mol. The standard InChI is InChI=1S/C8H6FNO.C7H18N2Si2/c9-8-3-1-7(2-4-8)5-10-6-11;1-10(2,3)8-7-9-11(4,5)6/h1-4H,5H2;1-6H3. The zero-order chi connectivity index (χ0) is 17.2. The Bertz CT molecular complexity index is 544. The normalized spacial score (nSPS) is 10.5. The fourth-order valence-electron chi connectivity index (χ4n) is 1.04. The van der Waals surface area contributed by atoms with Gasteiger partial charge in [0, 0.05) is 0 Å². The van der Waals surface area contributed by atoms with E-state index in [-0.39, 0.29) is 12.4 Å². The summed E-state index contributed by atoms with van der Waals surface area (Å²) in [6.45, 7) is 13.3. The monoisotopic (exact) mass is 337 g/mol. The molecule has 0 atom stereocenters. The molecule has 0 amide bonds. The van der Waals surface area contributed by atoms with E-state index < -0.39 is 16.5 Å². The third-order valence-electron chi connectivity index (χ3n) is 2.01. The topological polar surface area (TPSA) is 54.1 Å². The molecule has 7 heteroatoms. The van der Waals surface area contributed by atoms with Crippen LogP contribution in [0.4, 0.5) is 4.39 Å². The molecule has 1 aromatic carbocycles. The Labute approximate surface area is 134 Å². The third kappa shape index (κ3) is 13.3. The number of nitrogens with zero attached hydrogens (tertiary/aromatic N) is 3. The number of aliphatic imine (C=N–C) groups is 1. The molecule has 22 heavy (non-hydrogen) atoms. The fraction of sp³-hybridized carbons (Fsp3) is 0.467. The molecule has 0 aliphatic heterocycles. The Kier molecular flexibility index (Phi) is 8.67. The maximum absolute atomic E-state index is 12.3. The van der Waals surface area contributed by atoms with E-state index in [0.717, 1.165) is 5.56 Å². The lowest BCUT2D eigenvalue weighted by molar-refractivity contribution is 0.562. The highest BCUT2D eigenvalue weighted by Gasteiger charge is 2.11. The highest BCUT2D eigenvalue weighted by molar-refractivity contribution is 6.76. The molecule has 1 rings (SSSR count). The van der Waals surface area contributed by atoms with Crippen molar-refractivity contribution in [3.63, 3.8) is 0 Å². The van der Waals surface area contributed by atoms with E-state index in [1.54, 1.807) is 12.1 Å². The van der Waals surface area contributed by atoms with Crippen LogP contribution in [-0.4, -0.2) is 28.6 Å². The molecule has 0 N–H and O–H groups in total. The zero-order valence-corrected chi connectivity index (χ0v) is 16.1. The van der Waals surface area contributed by atoms with E-state index in [4.69, 9.17) is 0 Å². The summed E-state index contributed by atoms with van der Waals surface area (Å²) < 4.78 is 20.9. The number of benzene rings is 1. The van der Waals surface area contributed by atoms with Crippen LogP contribution in [0.15, 0.2) is 38.6 Å². The van der Waals surface area contributed by atoms with Crippen LogP contribution in [0, 0.1) is 5.82 Å². The van der Waals surface area contributed by atoms with Crippen LogP contribution in [-0.2, 0) is 11.3 Å². The molecular weight excluding hydrogens is 313 g/mol. The quantitative estimate of drug-likeness (QED) is 0.453. The van der Waals surface area contributed by atoms with Crippen LogP contribution in [0.3, 0.4) is 0 Å². The second-order valence-corrected chi connectivity index (χ2v) is 15.8. The largest absolute Gasteiger partial charge is 0.268 e. The molecule has 0 saturated carbocycles. The van der Waals surface area contributed by atoms with Gasteiger partial charge in [-0.2, -0.15) is 0 Å². The predicted octanol–water partition coefficient (Wildman–Crippen LogP) is 4.49. The average Bonchev–Trinajstić information content (AvgIpc) is 2.36. The molecule has 0 saturated heterocycles. The maximum Gasteiger partial charge on any atom is 0.235 e. The zero-order valence-electron chi connectivity index (χ0n) is 14.1. The molecule has 120 valence electrons. The van der Waals surface area contributed by atoms with Gasteiger partial charge in [0.25, 0.3) is 0 Å². The van der Waals surface area contributed by atoms with Crippen molar-refractivity contribution in [1.29, 1.82) is 0 Å². The minimum atomic E-state index is -1.31. The van der Waals surface area contributed by atoms with Gasteiger partial charge in [-0.15, -0.1) is 0 Å². The molecule has 0 aliphatic carbocycles. The van der Waals surface area contributed by atoms with Crippen molar-refractivity contribution in [2.75, 3.05) is 0 Å². The molecule has 0 radical (unpaired) electrons. The number of halogens is 1. The highest BCUT2D eigenvalue weighted by atomic mass is 28.3. The summed E-state index contributed by atoms with van der Waals surface area (Å²) in [6, 6.07) is 8.66. The Hall–Kier alpha value is -1.66. The highest BCUT2D eigenvalue weighted by Crippen LogP contribution is 2.03. The Morgan fingerprint density at radius 3 is 1.77 bits per heavy atom. The number of carbonyl (C=O) groups excluding carboxylic acids is 1. The van der Waals surface area contributed by atoms with E-state index >= 15 is 0 Å². The Morgan fingerprint density at radius 2 is 1.41 bits per heavy atom. The van der Waals surface area contributed by atoms with Crippen LogP contribution in [0.1, 0.15) is 5.56 Å². The molecule has 0 spiro atoms. The van der Waals surface area contributed by atoms with E-state index in [1.807, 2.05) is 0 Å². The number of isocyanates is 1. The molecule has 0 aliphatic rings. The third-order valence-corrected chi connectivity index (χ3v) is 3.55. The molecular formula is C15H24FN3OSi2. The summed E-state index contributed by atoms with van der Waals surface area (Å²) in [4.78, 5) is 13.0. The molecule has 0 aromatic heterocycles. The lowest BCUT2D eigenvalue weighted by atomic mass is 10.2. The maximum atomic E-state index is 12.3. The minimum Gasteiger partial charge on any atom is -0.268 e. The summed E-state index contributed by atoms with van der Waals surface area (Å²) in [6.07, 6.45) is 1.41. The van der Waals surface area contributed by atoms with Gasteiger partial charge in [-0.1, -0.05) is 12.1 Å². The van der Waals surface area contributed by atoms with Gasteiger partial charge >= 0.3 is 0 Å². The molecule has 0 unspecified atom stereocenters. The Morgan fingerprint density at radius 1 is 0.955 bits per heavy atom. The van der Waals surface area contributed by atoms with Gasteiger partial charge in [-0.25, -0.2) is 14.2 Å². The van der Waals surface area contributed by atoms with Gasteiger partial charge in [0.15, 0.2) is 16.5 Å². The van der Waals surface area contributed by atoms with E-state index in [1.165, 1.54) is 18.2 Å². The summed E-state index contributed by atoms with van der Waals surface area (Å²) in [5.41, 5.74) is 0.801. The second kappa shape index (κ2) is 9.38. The van der Waals surface area contributed by atoms with Gasteiger partial charge in [0.2, 0.25) is 6.08 Å². The summed E-state index contributed by atoms with van der Waals surface area (Å²) in [7, 11) is -2.63. The van der Waals surface area contributed by atoms with Gasteiger partial charge in [-0.05, 0) is 57.0 Å². The second-order valence-electron chi connectivity index (χ2n) is 6.70. The molecule has 0 heterocycles. The SMILES string of the molecule is C[Si](C)(C)N=C=N[Si](C)(C)C.O=C=NCc1ccc(F)cc1. The van der Waals surface area contributed by atoms with Crippen molar-refractivity contribution in [2.24, 2.45) is 14.3 Å². The van der Waals surface area contributed by atoms with Crippen LogP contribution in [0.2, 0.25) is 39.3 Å². The summed E-state index contributed by atoms with van der Waals surface area (Å²) >= 11 is 0. The van der Waals surface area contributed by atoms with Crippen LogP contribution < -0.4 is 0 Å². The molecule has 0 fully saturated rings. The number of rotatable bonds is 4. The first kappa shape index (κ1) is 20.3. The van der Waals surface area contributed by atoms with Crippen molar-refractivity contribution < 1.29 is 9.18 Å². The van der Waals surface area contributed by atoms with Crippen molar-refractivity contribution >= 4 is 28.6 Å². The molecule has 4 nitrogen and oxygen atoms in total. The van der Waals surface area contributed by atoms with E-state index in [9.17, 15) is 9.18 Å². The van der Waals surface area contributed by atoms with E-state index in [0.29, 0.717) is 0 Å². The van der Waals surface area contributed by atoms with Crippen LogP contribution >= 0.6 is 0 Å². The smallest absolute Gasteiger partial charge is 0.235 e. The minimum absolute atomic E-state index is 0.268. The summed E-state index contributed by atoms with van der Waals surface area (Å²) in [5, 5.41) is 0. The first-order chi connectivity index (χ1) is 10.0. The van der Waals surface area contributed by atoms with Crippen molar-refractivity contribution in [3.05, 3.63) is 35.6 Å². The van der Waals surface area contributed by atoms with Crippen molar-refractivity contribution in [3.8, 4) is 0 Å². The van der Waals surface area contributed by atoms with Gasteiger partial charge < -0.3 is 0 Å². The van der Waals surface area contributed by atoms with Crippen molar-refractivity contribution in [1.82, 2.24) is 0 Å².